The zero-order valence-electron chi connectivity index (χ0n) is 15.0. The van der Waals surface area contributed by atoms with Gasteiger partial charge in [0.15, 0.2) is 0 Å². The van der Waals surface area contributed by atoms with Crippen LogP contribution in [-0.2, 0) is 22.3 Å². The number of aromatic nitrogens is 1. The number of carbonyl (C=O) groups is 2. The lowest BCUT2D eigenvalue weighted by Crippen LogP contribution is -2.17. The molecular formula is C20H18F3N3O2. The molecule has 146 valence electrons. The minimum Gasteiger partial charge on any atom is -0.347 e. The number of anilines is 2. The van der Waals surface area contributed by atoms with Crippen molar-refractivity contribution in [3.05, 3.63) is 60.3 Å². The molecule has 0 atom stereocenters. The van der Waals surface area contributed by atoms with E-state index < -0.39 is 23.6 Å². The number of benzene rings is 2. The molecule has 0 saturated heterocycles. The standard InChI is InChI=1S/C20H18F3N3O2/c1-13(27)24-16-7-6-15(20(21,22)23)12-17(16)25-19(28)9-11-26-10-8-14-4-2-3-5-18(14)26/h2-8,10,12H,9,11H2,1H3,(H,24,27)(H,25,28). The fourth-order valence-electron chi connectivity index (χ4n) is 2.89. The van der Waals surface area contributed by atoms with E-state index in [-0.39, 0.29) is 17.8 Å². The normalized spacial score (nSPS) is 11.4. The van der Waals surface area contributed by atoms with E-state index in [1.54, 1.807) is 0 Å². The van der Waals surface area contributed by atoms with Crippen LogP contribution in [0.4, 0.5) is 24.5 Å². The van der Waals surface area contributed by atoms with Gasteiger partial charge in [0.05, 0.1) is 16.9 Å². The minimum absolute atomic E-state index is 0.0639. The Morgan fingerprint density at radius 3 is 2.46 bits per heavy atom. The second-order valence-electron chi connectivity index (χ2n) is 6.31. The van der Waals surface area contributed by atoms with Gasteiger partial charge in [-0.2, -0.15) is 13.2 Å². The van der Waals surface area contributed by atoms with Gasteiger partial charge in [0.2, 0.25) is 11.8 Å². The second kappa shape index (κ2) is 7.75. The Morgan fingerprint density at radius 2 is 1.75 bits per heavy atom. The lowest BCUT2D eigenvalue weighted by Gasteiger charge is -2.15. The molecule has 1 aromatic heterocycles. The number of nitrogens with zero attached hydrogens (tertiary/aromatic N) is 1. The largest absolute Gasteiger partial charge is 0.416 e. The van der Waals surface area contributed by atoms with Crippen molar-refractivity contribution < 1.29 is 22.8 Å². The van der Waals surface area contributed by atoms with Gasteiger partial charge in [0, 0.05) is 31.6 Å². The molecule has 1 heterocycles. The smallest absolute Gasteiger partial charge is 0.347 e. The maximum absolute atomic E-state index is 13.0. The highest BCUT2D eigenvalue weighted by atomic mass is 19.4. The number of carbonyl (C=O) groups excluding carboxylic acids is 2. The summed E-state index contributed by atoms with van der Waals surface area (Å²) in [4.78, 5) is 23.6. The molecule has 8 heteroatoms. The van der Waals surface area contributed by atoms with Crippen LogP contribution in [0, 0.1) is 0 Å². The van der Waals surface area contributed by atoms with E-state index in [0.29, 0.717) is 6.54 Å². The van der Waals surface area contributed by atoms with Crippen molar-refractivity contribution in [2.24, 2.45) is 0 Å². The summed E-state index contributed by atoms with van der Waals surface area (Å²) in [5.41, 5.74) is 0.0780. The highest BCUT2D eigenvalue weighted by Crippen LogP contribution is 2.34. The van der Waals surface area contributed by atoms with Crippen molar-refractivity contribution in [3.8, 4) is 0 Å². The zero-order valence-corrected chi connectivity index (χ0v) is 15.0. The molecule has 0 aliphatic heterocycles. The van der Waals surface area contributed by atoms with Crippen LogP contribution in [0.3, 0.4) is 0 Å². The molecule has 0 aliphatic rings. The summed E-state index contributed by atoms with van der Waals surface area (Å²) in [6, 6.07) is 12.4. The highest BCUT2D eigenvalue weighted by molar-refractivity contribution is 5.99. The van der Waals surface area contributed by atoms with Gasteiger partial charge in [-0.3, -0.25) is 9.59 Å². The number of fused-ring (bicyclic) bond motifs is 1. The Hall–Kier alpha value is -3.29. The maximum atomic E-state index is 13.0. The van der Waals surface area contributed by atoms with E-state index in [4.69, 9.17) is 0 Å². The number of alkyl halides is 3. The lowest BCUT2D eigenvalue weighted by molar-refractivity contribution is -0.137. The number of aryl methyl sites for hydroxylation is 1. The van der Waals surface area contributed by atoms with Gasteiger partial charge < -0.3 is 15.2 Å². The van der Waals surface area contributed by atoms with Crippen LogP contribution >= 0.6 is 0 Å². The monoisotopic (exact) mass is 389 g/mol. The topological polar surface area (TPSA) is 63.1 Å². The van der Waals surface area contributed by atoms with Crippen molar-refractivity contribution in [3.63, 3.8) is 0 Å². The van der Waals surface area contributed by atoms with Gasteiger partial charge in [0.1, 0.15) is 0 Å². The fourth-order valence-corrected chi connectivity index (χ4v) is 2.89. The number of para-hydroxylation sites is 1. The fraction of sp³-hybridized carbons (Fsp3) is 0.200. The van der Waals surface area contributed by atoms with Crippen LogP contribution < -0.4 is 10.6 Å². The maximum Gasteiger partial charge on any atom is 0.416 e. The first kappa shape index (κ1) is 19.5. The first-order valence-corrected chi connectivity index (χ1v) is 8.56. The Bertz CT molecular complexity index is 1020. The number of hydrogen-bond acceptors (Lipinski definition) is 2. The molecule has 0 aliphatic carbocycles. The van der Waals surface area contributed by atoms with Crippen LogP contribution in [0.5, 0.6) is 0 Å². The van der Waals surface area contributed by atoms with Gasteiger partial charge in [-0.15, -0.1) is 0 Å². The molecule has 0 fully saturated rings. The van der Waals surface area contributed by atoms with E-state index in [1.165, 1.54) is 6.92 Å². The summed E-state index contributed by atoms with van der Waals surface area (Å²) in [7, 11) is 0. The highest BCUT2D eigenvalue weighted by Gasteiger charge is 2.31. The van der Waals surface area contributed by atoms with Gasteiger partial charge >= 0.3 is 6.18 Å². The predicted molar refractivity (Wildman–Crippen MR) is 101 cm³/mol. The van der Waals surface area contributed by atoms with E-state index in [0.717, 1.165) is 29.1 Å². The molecule has 3 aromatic rings. The molecule has 0 saturated carbocycles. The molecule has 2 aromatic carbocycles. The van der Waals surface area contributed by atoms with Crippen molar-refractivity contribution >= 4 is 34.1 Å². The Labute approximate surface area is 159 Å². The van der Waals surface area contributed by atoms with Crippen LogP contribution in [-0.4, -0.2) is 16.4 Å². The van der Waals surface area contributed by atoms with E-state index >= 15 is 0 Å². The number of hydrogen-bond donors (Lipinski definition) is 2. The molecule has 2 amide bonds. The minimum atomic E-state index is -4.56. The van der Waals surface area contributed by atoms with Gasteiger partial charge in [-0.25, -0.2) is 0 Å². The number of rotatable bonds is 5. The van der Waals surface area contributed by atoms with Gasteiger partial charge in [-0.1, -0.05) is 18.2 Å². The van der Waals surface area contributed by atoms with Crippen molar-refractivity contribution in [1.82, 2.24) is 4.57 Å². The summed E-state index contributed by atoms with van der Waals surface area (Å²) in [5, 5.41) is 5.93. The van der Waals surface area contributed by atoms with Crippen molar-refractivity contribution in [2.75, 3.05) is 10.6 Å². The van der Waals surface area contributed by atoms with Crippen LogP contribution in [0.15, 0.2) is 54.7 Å². The van der Waals surface area contributed by atoms with E-state index in [9.17, 15) is 22.8 Å². The van der Waals surface area contributed by atoms with Crippen molar-refractivity contribution in [2.45, 2.75) is 26.1 Å². The van der Waals surface area contributed by atoms with Crippen LogP contribution in [0.2, 0.25) is 0 Å². The van der Waals surface area contributed by atoms with Gasteiger partial charge in [0.25, 0.3) is 0 Å². The number of halogens is 3. The quantitative estimate of drug-likeness (QED) is 0.667. The first-order valence-electron chi connectivity index (χ1n) is 8.56. The molecular weight excluding hydrogens is 371 g/mol. The molecule has 0 spiro atoms. The zero-order chi connectivity index (χ0) is 20.3. The molecule has 2 N–H and O–H groups in total. The third-order valence-corrected chi connectivity index (χ3v) is 4.19. The molecule has 0 unspecified atom stereocenters. The Morgan fingerprint density at radius 1 is 1.00 bits per heavy atom. The second-order valence-corrected chi connectivity index (χ2v) is 6.31. The summed E-state index contributed by atoms with van der Waals surface area (Å²) in [5.74, 6) is -0.905. The van der Waals surface area contributed by atoms with Crippen molar-refractivity contribution in [1.29, 1.82) is 0 Å². The molecule has 5 nitrogen and oxygen atoms in total. The number of nitrogens with one attached hydrogen (secondary N) is 2. The average Bonchev–Trinajstić information content (AvgIpc) is 3.03. The summed E-state index contributed by atoms with van der Waals surface area (Å²) in [6.07, 6.45) is -2.64. The Balaban J connectivity index is 1.75. The molecule has 28 heavy (non-hydrogen) atoms. The first-order chi connectivity index (χ1) is 13.2. The molecule has 0 bridgehead atoms. The average molecular weight is 389 g/mol. The van der Waals surface area contributed by atoms with Gasteiger partial charge in [-0.05, 0) is 35.7 Å². The summed E-state index contributed by atoms with van der Waals surface area (Å²) in [6.45, 7) is 1.61. The lowest BCUT2D eigenvalue weighted by atomic mass is 10.1. The summed E-state index contributed by atoms with van der Waals surface area (Å²) < 4.78 is 40.8. The van der Waals surface area contributed by atoms with Crippen LogP contribution in [0.1, 0.15) is 18.9 Å². The number of amides is 2. The van der Waals surface area contributed by atoms with E-state index in [2.05, 4.69) is 10.6 Å². The third kappa shape index (κ3) is 4.51. The predicted octanol–water partition coefficient (Wildman–Crippen LogP) is 4.65. The van der Waals surface area contributed by atoms with E-state index in [1.807, 2.05) is 41.1 Å². The van der Waals surface area contributed by atoms with Crippen LogP contribution in [0.25, 0.3) is 10.9 Å². The third-order valence-electron chi connectivity index (χ3n) is 4.19. The summed E-state index contributed by atoms with van der Waals surface area (Å²) >= 11 is 0. The SMILES string of the molecule is CC(=O)Nc1ccc(C(F)(F)F)cc1NC(=O)CCn1ccc2ccccc21. The molecule has 3 rings (SSSR count). The molecule has 0 radical (unpaired) electrons. The Kier molecular flexibility index (Phi) is 5.39.